The van der Waals surface area contributed by atoms with E-state index in [2.05, 4.69) is 20.2 Å². The lowest BCUT2D eigenvalue weighted by Gasteiger charge is -2.34. The molecule has 3 heterocycles. The van der Waals surface area contributed by atoms with Gasteiger partial charge in [0.1, 0.15) is 6.26 Å². The van der Waals surface area contributed by atoms with Gasteiger partial charge in [-0.2, -0.15) is 0 Å². The van der Waals surface area contributed by atoms with Crippen LogP contribution in [0.3, 0.4) is 0 Å². The van der Waals surface area contributed by atoms with Gasteiger partial charge in [0.15, 0.2) is 11.0 Å². The van der Waals surface area contributed by atoms with Gasteiger partial charge < -0.3 is 9.73 Å². The summed E-state index contributed by atoms with van der Waals surface area (Å²) in [6.07, 6.45) is 5.20. The zero-order chi connectivity index (χ0) is 15.5. The standard InChI is InChI=1S/C15H20N4O2S/c1-10(20)16-15-18-13(9-22-15)14-5-3-4-6-19(14)7-12-8-21-11(2)17-12/h8-9,14H,3-7H2,1-2H3,(H,16,18,20). The Kier molecular flexibility index (Phi) is 4.54. The molecule has 1 atom stereocenters. The van der Waals surface area contributed by atoms with E-state index in [1.807, 2.05) is 12.3 Å². The number of nitrogens with zero attached hydrogens (tertiary/aromatic N) is 3. The minimum atomic E-state index is -0.0838. The number of amides is 1. The average molecular weight is 320 g/mol. The predicted octanol–water partition coefficient (Wildman–Crippen LogP) is 3.13. The van der Waals surface area contributed by atoms with Gasteiger partial charge in [-0.1, -0.05) is 6.42 Å². The third-order valence-corrected chi connectivity index (χ3v) is 4.57. The maximum Gasteiger partial charge on any atom is 0.223 e. The summed E-state index contributed by atoms with van der Waals surface area (Å²) < 4.78 is 5.30. The molecular formula is C15H20N4O2S. The molecule has 1 amide bonds. The van der Waals surface area contributed by atoms with Crippen molar-refractivity contribution in [1.82, 2.24) is 14.9 Å². The molecule has 2 aromatic heterocycles. The normalized spacial score (nSPS) is 19.3. The van der Waals surface area contributed by atoms with Crippen LogP contribution in [0.2, 0.25) is 0 Å². The van der Waals surface area contributed by atoms with Crippen LogP contribution in [-0.2, 0) is 11.3 Å². The molecule has 6 nitrogen and oxygen atoms in total. The van der Waals surface area contributed by atoms with Crippen molar-refractivity contribution in [2.45, 2.75) is 45.7 Å². The van der Waals surface area contributed by atoms with Gasteiger partial charge in [0.05, 0.1) is 17.4 Å². The maximum absolute atomic E-state index is 11.1. The number of rotatable bonds is 4. The van der Waals surface area contributed by atoms with E-state index in [9.17, 15) is 4.79 Å². The van der Waals surface area contributed by atoms with Gasteiger partial charge in [-0.25, -0.2) is 9.97 Å². The van der Waals surface area contributed by atoms with Crippen LogP contribution in [0, 0.1) is 6.92 Å². The molecule has 0 radical (unpaired) electrons. The van der Waals surface area contributed by atoms with Crippen LogP contribution in [0.25, 0.3) is 0 Å². The summed E-state index contributed by atoms with van der Waals surface area (Å²) in [5.74, 6) is 0.615. The molecule has 1 saturated heterocycles. The Hall–Kier alpha value is -1.73. The van der Waals surface area contributed by atoms with Gasteiger partial charge in [0, 0.05) is 25.8 Å². The number of anilines is 1. The summed E-state index contributed by atoms with van der Waals surface area (Å²) in [7, 11) is 0. The topological polar surface area (TPSA) is 71.3 Å². The molecule has 118 valence electrons. The van der Waals surface area contributed by atoms with Crippen molar-refractivity contribution in [2.75, 3.05) is 11.9 Å². The first-order valence-electron chi connectivity index (χ1n) is 7.50. The second-order valence-corrected chi connectivity index (χ2v) is 6.46. The van der Waals surface area contributed by atoms with Gasteiger partial charge in [0.25, 0.3) is 0 Å². The maximum atomic E-state index is 11.1. The first-order valence-corrected chi connectivity index (χ1v) is 8.38. The van der Waals surface area contributed by atoms with Crippen molar-refractivity contribution < 1.29 is 9.21 Å². The fourth-order valence-electron chi connectivity index (χ4n) is 2.85. The van der Waals surface area contributed by atoms with Crippen LogP contribution < -0.4 is 5.32 Å². The molecule has 0 saturated carbocycles. The van der Waals surface area contributed by atoms with Crippen molar-refractivity contribution in [3.63, 3.8) is 0 Å². The molecule has 1 aliphatic rings. The number of carbonyl (C=O) groups excluding carboxylic acids is 1. The molecule has 3 rings (SSSR count). The quantitative estimate of drug-likeness (QED) is 0.937. The van der Waals surface area contributed by atoms with E-state index in [-0.39, 0.29) is 11.9 Å². The van der Waals surface area contributed by atoms with Crippen LogP contribution in [0.4, 0.5) is 5.13 Å². The summed E-state index contributed by atoms with van der Waals surface area (Å²) in [6.45, 7) is 5.16. The molecule has 0 spiro atoms. The van der Waals surface area contributed by atoms with Crippen molar-refractivity contribution >= 4 is 22.4 Å². The summed E-state index contributed by atoms with van der Waals surface area (Å²) >= 11 is 1.48. The third kappa shape index (κ3) is 3.53. The van der Waals surface area contributed by atoms with E-state index in [1.54, 1.807) is 6.26 Å². The Morgan fingerprint density at radius 1 is 1.50 bits per heavy atom. The number of thiazole rings is 1. The average Bonchev–Trinajstić information content (AvgIpc) is 3.08. The van der Waals surface area contributed by atoms with Gasteiger partial charge in [0.2, 0.25) is 5.91 Å². The van der Waals surface area contributed by atoms with Crippen LogP contribution >= 0.6 is 11.3 Å². The zero-order valence-electron chi connectivity index (χ0n) is 12.8. The van der Waals surface area contributed by atoms with Gasteiger partial charge >= 0.3 is 0 Å². The highest BCUT2D eigenvalue weighted by Gasteiger charge is 2.26. The second kappa shape index (κ2) is 6.58. The van der Waals surface area contributed by atoms with Crippen molar-refractivity contribution in [3.05, 3.63) is 28.9 Å². The van der Waals surface area contributed by atoms with E-state index < -0.39 is 0 Å². The Balaban J connectivity index is 1.74. The van der Waals surface area contributed by atoms with E-state index in [0.29, 0.717) is 11.0 Å². The molecular weight excluding hydrogens is 300 g/mol. The summed E-state index contributed by atoms with van der Waals surface area (Å²) in [4.78, 5) is 22.5. The second-order valence-electron chi connectivity index (χ2n) is 5.60. The minimum Gasteiger partial charge on any atom is -0.449 e. The highest BCUT2D eigenvalue weighted by molar-refractivity contribution is 7.13. The smallest absolute Gasteiger partial charge is 0.223 e. The largest absolute Gasteiger partial charge is 0.449 e. The van der Waals surface area contributed by atoms with Crippen LogP contribution in [-0.4, -0.2) is 27.3 Å². The molecule has 0 aromatic carbocycles. The molecule has 0 aliphatic carbocycles. The Morgan fingerprint density at radius 3 is 3.09 bits per heavy atom. The molecule has 1 N–H and O–H groups in total. The van der Waals surface area contributed by atoms with E-state index in [4.69, 9.17) is 4.42 Å². The van der Waals surface area contributed by atoms with E-state index in [1.165, 1.54) is 31.1 Å². The predicted molar refractivity (Wildman–Crippen MR) is 84.7 cm³/mol. The lowest BCUT2D eigenvalue weighted by atomic mass is 10.00. The number of hydrogen-bond acceptors (Lipinski definition) is 6. The number of hydrogen-bond donors (Lipinski definition) is 1. The van der Waals surface area contributed by atoms with Gasteiger partial charge in [-0.15, -0.1) is 11.3 Å². The summed E-state index contributed by atoms with van der Waals surface area (Å²) in [5.41, 5.74) is 2.00. The van der Waals surface area contributed by atoms with Crippen LogP contribution in [0.15, 0.2) is 16.1 Å². The number of nitrogens with one attached hydrogen (secondary N) is 1. The molecule has 1 fully saturated rings. The lowest BCUT2D eigenvalue weighted by Crippen LogP contribution is -2.33. The first-order chi connectivity index (χ1) is 10.6. The highest BCUT2D eigenvalue weighted by Crippen LogP contribution is 2.33. The van der Waals surface area contributed by atoms with Crippen molar-refractivity contribution in [1.29, 1.82) is 0 Å². The zero-order valence-corrected chi connectivity index (χ0v) is 13.7. The molecule has 1 aliphatic heterocycles. The Bertz CT molecular complexity index is 652. The lowest BCUT2D eigenvalue weighted by molar-refractivity contribution is -0.114. The van der Waals surface area contributed by atoms with E-state index >= 15 is 0 Å². The van der Waals surface area contributed by atoms with E-state index in [0.717, 1.165) is 30.9 Å². The number of oxazole rings is 1. The van der Waals surface area contributed by atoms with Crippen LogP contribution in [0.5, 0.6) is 0 Å². The summed E-state index contributed by atoms with van der Waals surface area (Å²) in [6, 6.07) is 0.282. The molecule has 7 heteroatoms. The highest BCUT2D eigenvalue weighted by atomic mass is 32.1. The monoisotopic (exact) mass is 320 g/mol. The van der Waals surface area contributed by atoms with Crippen LogP contribution in [0.1, 0.15) is 49.5 Å². The first kappa shape index (κ1) is 15.2. The van der Waals surface area contributed by atoms with Gasteiger partial charge in [-0.3, -0.25) is 9.69 Å². The number of aromatic nitrogens is 2. The fourth-order valence-corrected chi connectivity index (χ4v) is 3.65. The number of piperidine rings is 1. The molecule has 22 heavy (non-hydrogen) atoms. The van der Waals surface area contributed by atoms with Crippen molar-refractivity contribution in [2.24, 2.45) is 0 Å². The molecule has 1 unspecified atom stereocenters. The minimum absolute atomic E-state index is 0.0838. The number of aryl methyl sites for hydroxylation is 1. The number of carbonyl (C=O) groups is 1. The SMILES string of the molecule is CC(=O)Nc1nc(C2CCCCN2Cc2coc(C)n2)cs1. The summed E-state index contributed by atoms with van der Waals surface area (Å²) in [5, 5.41) is 5.47. The van der Waals surface area contributed by atoms with Gasteiger partial charge in [-0.05, 0) is 19.4 Å². The number of likely N-dealkylation sites (tertiary alicyclic amines) is 1. The Labute approximate surface area is 133 Å². The fraction of sp³-hybridized carbons (Fsp3) is 0.533. The molecule has 2 aromatic rings. The third-order valence-electron chi connectivity index (χ3n) is 3.79. The molecule has 0 bridgehead atoms. The Morgan fingerprint density at radius 2 is 2.36 bits per heavy atom. The van der Waals surface area contributed by atoms with Crippen molar-refractivity contribution in [3.8, 4) is 0 Å².